The van der Waals surface area contributed by atoms with Gasteiger partial charge in [-0.2, -0.15) is 0 Å². The van der Waals surface area contributed by atoms with Crippen LogP contribution in [-0.2, 0) is 26.1 Å². The Morgan fingerprint density at radius 1 is 1.09 bits per heavy atom. The van der Waals surface area contributed by atoms with Gasteiger partial charge in [-0.3, -0.25) is 0 Å². The van der Waals surface area contributed by atoms with Crippen LogP contribution in [0.15, 0.2) is 41.5 Å². The molecule has 11 atom stereocenters. The van der Waals surface area contributed by atoms with Crippen LogP contribution in [0, 0.1) is 40.9 Å². The van der Waals surface area contributed by atoms with E-state index in [1.165, 1.54) is 37.5 Å². The molecule has 2 heterocycles. The Kier molecular flexibility index (Phi) is 8.21. The minimum absolute atomic E-state index is 0.0537. The molecular weight excluding hydrogens is 584 g/mol. The molecule has 1 aromatic carbocycles. The molecule has 1 aromatic rings. The van der Waals surface area contributed by atoms with E-state index in [1.807, 2.05) is 35.2 Å². The van der Waals surface area contributed by atoms with Crippen molar-refractivity contribution in [2.45, 2.75) is 122 Å². The van der Waals surface area contributed by atoms with Crippen LogP contribution in [0.2, 0.25) is 0 Å². The largest absolute Gasteiger partial charge is 0.445 e. The van der Waals surface area contributed by atoms with Crippen molar-refractivity contribution in [3.8, 4) is 0 Å². The Labute approximate surface area is 270 Å². The topological polar surface area (TPSA) is 84.9 Å². The van der Waals surface area contributed by atoms with E-state index >= 15 is 0 Å². The average Bonchev–Trinajstić information content (AvgIpc) is 3.45. The zero-order valence-electron chi connectivity index (χ0n) is 28.0. The highest BCUT2D eigenvalue weighted by molar-refractivity contribution is 7.88. The molecule has 0 aromatic heterocycles. The van der Waals surface area contributed by atoms with Crippen molar-refractivity contribution in [1.29, 1.82) is 0 Å². The summed E-state index contributed by atoms with van der Waals surface area (Å²) >= 11 is 0. The fourth-order valence-electron chi connectivity index (χ4n) is 11.5. The van der Waals surface area contributed by atoms with Crippen molar-refractivity contribution in [2.75, 3.05) is 12.8 Å². The molecule has 3 saturated carbocycles. The Morgan fingerprint density at radius 3 is 2.62 bits per heavy atom. The number of sulfonamides is 1. The van der Waals surface area contributed by atoms with Gasteiger partial charge in [0.05, 0.1) is 24.0 Å². The number of ether oxygens (including phenoxy) is 2. The molecule has 45 heavy (non-hydrogen) atoms. The fourth-order valence-corrected chi connectivity index (χ4v) is 12.3. The smallest absolute Gasteiger partial charge is 0.410 e. The van der Waals surface area contributed by atoms with E-state index in [0.717, 1.165) is 50.6 Å². The number of benzene rings is 1. The summed E-state index contributed by atoms with van der Waals surface area (Å²) in [5.74, 6) is 3.26. The number of hydrogen-bond donors (Lipinski definition) is 1. The van der Waals surface area contributed by atoms with Crippen LogP contribution < -0.4 is 4.72 Å². The second-order valence-corrected chi connectivity index (χ2v) is 18.1. The van der Waals surface area contributed by atoms with Gasteiger partial charge in [0.25, 0.3) is 0 Å². The van der Waals surface area contributed by atoms with Crippen molar-refractivity contribution in [3.63, 3.8) is 0 Å². The highest BCUT2D eigenvalue weighted by Gasteiger charge is 2.61. The summed E-state index contributed by atoms with van der Waals surface area (Å²) < 4.78 is 39.9. The molecule has 1 amide bonds. The molecule has 0 bridgehead atoms. The number of fused-ring (bicyclic) bond motifs is 6. The predicted molar refractivity (Wildman–Crippen MR) is 176 cm³/mol. The first-order valence-electron chi connectivity index (χ1n) is 17.7. The van der Waals surface area contributed by atoms with Crippen LogP contribution >= 0.6 is 0 Å². The van der Waals surface area contributed by atoms with Crippen LogP contribution in [0.4, 0.5) is 4.79 Å². The first-order valence-corrected chi connectivity index (χ1v) is 19.6. The maximum Gasteiger partial charge on any atom is 0.410 e. The summed E-state index contributed by atoms with van der Waals surface area (Å²) in [6.07, 6.45) is 12.1. The average molecular weight is 639 g/mol. The van der Waals surface area contributed by atoms with Gasteiger partial charge < -0.3 is 14.4 Å². The van der Waals surface area contributed by atoms with Crippen LogP contribution in [-0.4, -0.2) is 56.0 Å². The molecule has 7 rings (SSSR count). The van der Waals surface area contributed by atoms with Crippen molar-refractivity contribution in [1.82, 2.24) is 9.62 Å². The molecule has 2 saturated heterocycles. The van der Waals surface area contributed by atoms with Crippen LogP contribution in [0.3, 0.4) is 0 Å². The predicted octanol–water partition coefficient (Wildman–Crippen LogP) is 7.08. The number of hydrogen-bond acceptors (Lipinski definition) is 5. The van der Waals surface area contributed by atoms with Crippen molar-refractivity contribution in [3.05, 3.63) is 47.0 Å². The third-order valence-electron chi connectivity index (χ3n) is 13.6. The Morgan fingerprint density at radius 2 is 1.87 bits per heavy atom. The lowest BCUT2D eigenvalue weighted by atomic mass is 9.52. The maximum atomic E-state index is 13.6. The van der Waals surface area contributed by atoms with Gasteiger partial charge in [-0.25, -0.2) is 17.9 Å². The van der Waals surface area contributed by atoms with Gasteiger partial charge in [0.15, 0.2) is 0 Å². The summed E-state index contributed by atoms with van der Waals surface area (Å²) in [4.78, 5) is 15.6. The molecule has 248 valence electrons. The monoisotopic (exact) mass is 638 g/mol. The lowest BCUT2D eigenvalue weighted by Crippen LogP contribution is -2.54. The number of carbonyl (C=O) groups is 1. The quantitative estimate of drug-likeness (QED) is 0.357. The summed E-state index contributed by atoms with van der Waals surface area (Å²) in [6.45, 7) is 10.5. The first kappa shape index (κ1) is 31.7. The minimum atomic E-state index is -3.18. The first-order chi connectivity index (χ1) is 21.4. The summed E-state index contributed by atoms with van der Waals surface area (Å²) in [7, 11) is -3.18. The van der Waals surface area contributed by atoms with Crippen LogP contribution in [0.25, 0.3) is 0 Å². The Balaban J connectivity index is 1.08. The molecule has 4 aliphatic carbocycles. The lowest BCUT2D eigenvalue weighted by Gasteiger charge is -2.54. The molecule has 1 N–H and O–H groups in total. The van der Waals surface area contributed by atoms with Gasteiger partial charge >= 0.3 is 6.09 Å². The van der Waals surface area contributed by atoms with E-state index in [0.29, 0.717) is 41.6 Å². The van der Waals surface area contributed by atoms with Gasteiger partial charge in [-0.05, 0) is 112 Å². The second kappa shape index (κ2) is 11.7. The highest BCUT2D eigenvalue weighted by Crippen LogP contribution is 2.65. The standard InChI is InChI=1S/C37H54N2O5S/c1-23-17-33-34(39(21-23)35(40)43-22-26-9-7-6-8-10-26)25(3)37(44-33)16-14-29-30-12-11-27-18-28(38-45(5,41)42)13-15-36(27,4)32(30)19-31(29)24(2)20-37/h6-10,23,25,27-30,32-34,38H,11-22H2,1-5H3/t23-,25+,27+,28+,29?,30-,32-,33+,34?,36-,37-/m0/s1. The third-order valence-corrected chi connectivity index (χ3v) is 14.3. The van der Waals surface area contributed by atoms with E-state index < -0.39 is 10.0 Å². The molecule has 2 aliphatic heterocycles. The van der Waals surface area contributed by atoms with Crippen molar-refractivity contribution >= 4 is 16.1 Å². The number of nitrogens with zero attached hydrogens (tertiary/aromatic N) is 1. The molecule has 7 nitrogen and oxygen atoms in total. The number of likely N-dealkylation sites (tertiary alicyclic amines) is 1. The van der Waals surface area contributed by atoms with Gasteiger partial charge in [-0.1, -0.05) is 62.2 Å². The number of carbonyl (C=O) groups excluding carboxylic acids is 1. The molecule has 5 fully saturated rings. The van der Waals surface area contributed by atoms with Crippen molar-refractivity contribution in [2.24, 2.45) is 40.9 Å². The zero-order valence-corrected chi connectivity index (χ0v) is 28.8. The number of amides is 1. The fraction of sp³-hybridized carbons (Fsp3) is 0.757. The van der Waals surface area contributed by atoms with E-state index in [9.17, 15) is 13.2 Å². The number of piperidine rings is 1. The van der Waals surface area contributed by atoms with Gasteiger partial charge in [0.2, 0.25) is 10.0 Å². The van der Waals surface area contributed by atoms with Gasteiger partial charge in [-0.15, -0.1) is 0 Å². The summed E-state index contributed by atoms with van der Waals surface area (Å²) in [5.41, 5.74) is 4.31. The SMILES string of the molecule is CC1=C2C[C@H]3[C@@H](CC[C@@H]4C[C@H](NS(C)(=O)=O)CC[C@@]43C)C2CC[C@@]2(C1)O[C@@H]1C[C@H](C)CN(C(=O)OCc3ccccc3)C1[C@H]2C. The van der Waals surface area contributed by atoms with Crippen LogP contribution in [0.1, 0.15) is 97.5 Å². The third kappa shape index (κ3) is 5.69. The number of allylic oxidation sites excluding steroid dienone is 1. The van der Waals surface area contributed by atoms with E-state index in [-0.39, 0.29) is 35.8 Å². The highest BCUT2D eigenvalue weighted by atomic mass is 32.2. The molecule has 8 heteroatoms. The Hall–Kier alpha value is -1.90. The molecule has 1 spiro atoms. The van der Waals surface area contributed by atoms with E-state index in [2.05, 4.69) is 32.4 Å². The van der Waals surface area contributed by atoms with E-state index in [4.69, 9.17) is 9.47 Å². The normalized spacial score (nSPS) is 42.9. The number of nitrogens with one attached hydrogen (secondary N) is 1. The Bertz CT molecular complexity index is 1430. The van der Waals surface area contributed by atoms with Gasteiger partial charge in [0.1, 0.15) is 6.61 Å². The van der Waals surface area contributed by atoms with Gasteiger partial charge in [0, 0.05) is 18.5 Å². The molecule has 2 unspecified atom stereocenters. The number of rotatable bonds is 4. The molecular formula is C37H54N2O5S. The maximum absolute atomic E-state index is 13.6. The van der Waals surface area contributed by atoms with E-state index in [1.54, 1.807) is 5.57 Å². The minimum Gasteiger partial charge on any atom is -0.445 e. The van der Waals surface area contributed by atoms with Crippen LogP contribution in [0.5, 0.6) is 0 Å². The zero-order chi connectivity index (χ0) is 31.7. The summed E-state index contributed by atoms with van der Waals surface area (Å²) in [5, 5.41) is 0. The molecule has 0 radical (unpaired) electrons. The van der Waals surface area contributed by atoms with Crippen molar-refractivity contribution < 1.29 is 22.7 Å². The summed E-state index contributed by atoms with van der Waals surface area (Å²) in [6, 6.07) is 10.1. The second-order valence-electron chi connectivity index (χ2n) is 16.3. The molecule has 6 aliphatic rings. The lowest BCUT2D eigenvalue weighted by molar-refractivity contribution is -0.0802.